The van der Waals surface area contributed by atoms with Crippen LogP contribution in [0.5, 0.6) is 0 Å². The van der Waals surface area contributed by atoms with E-state index >= 15 is 0 Å². The maximum atomic E-state index is 13.5. The molecule has 0 aliphatic carbocycles. The molecule has 2 saturated heterocycles. The highest BCUT2D eigenvalue weighted by atomic mass is 16.4. The zero-order chi connectivity index (χ0) is 24.7. The first-order chi connectivity index (χ1) is 16.3. The van der Waals surface area contributed by atoms with Gasteiger partial charge in [0.2, 0.25) is 17.7 Å². The Bertz CT molecular complexity index is 871. The minimum atomic E-state index is -1.12. The number of amides is 3. The third-order valence-corrected chi connectivity index (χ3v) is 6.89. The van der Waals surface area contributed by atoms with Crippen LogP contribution in [0.2, 0.25) is 0 Å². The molecule has 3 amide bonds. The number of aliphatic carboxylic acids is 1. The maximum Gasteiger partial charge on any atom is 0.326 e. The molecule has 0 saturated carbocycles. The molecule has 5 atom stereocenters. The smallest absolute Gasteiger partial charge is 0.326 e. The molecule has 3 rings (SSSR count). The molecule has 9 nitrogen and oxygen atoms in total. The Morgan fingerprint density at radius 3 is 2.44 bits per heavy atom. The van der Waals surface area contributed by atoms with Crippen molar-refractivity contribution in [3.63, 3.8) is 0 Å². The summed E-state index contributed by atoms with van der Waals surface area (Å²) in [5, 5.41) is 18.3. The molecule has 0 aromatic heterocycles. The van der Waals surface area contributed by atoms with Gasteiger partial charge in [0.25, 0.3) is 0 Å². The van der Waals surface area contributed by atoms with E-state index in [9.17, 15) is 24.3 Å². The van der Waals surface area contributed by atoms with Crippen LogP contribution in [-0.2, 0) is 25.6 Å². The lowest BCUT2D eigenvalue weighted by molar-refractivity contribution is -0.145. The first-order valence-corrected chi connectivity index (χ1v) is 12.2. The summed E-state index contributed by atoms with van der Waals surface area (Å²) in [5.41, 5.74) is 0.801. The van der Waals surface area contributed by atoms with Crippen LogP contribution in [0.25, 0.3) is 0 Å². The second-order valence-electron chi connectivity index (χ2n) is 9.30. The fraction of sp³-hybridized carbons (Fsp3) is 0.600. The summed E-state index contributed by atoms with van der Waals surface area (Å²) in [4.78, 5) is 52.6. The molecule has 2 aliphatic heterocycles. The lowest BCUT2D eigenvalue weighted by Crippen LogP contribution is -2.58. The summed E-state index contributed by atoms with van der Waals surface area (Å²) in [7, 11) is 0. The number of nitrogens with one attached hydrogen (secondary N) is 3. The van der Waals surface area contributed by atoms with Gasteiger partial charge in [-0.3, -0.25) is 14.4 Å². The lowest BCUT2D eigenvalue weighted by Gasteiger charge is -2.32. The van der Waals surface area contributed by atoms with Crippen LogP contribution in [0.3, 0.4) is 0 Å². The normalized spacial score (nSPS) is 22.6. The van der Waals surface area contributed by atoms with E-state index < -0.39 is 30.0 Å². The summed E-state index contributed by atoms with van der Waals surface area (Å²) in [6.07, 6.45) is 3.61. The first-order valence-electron chi connectivity index (χ1n) is 12.2. The van der Waals surface area contributed by atoms with E-state index in [1.807, 2.05) is 44.2 Å². The molecule has 0 bridgehead atoms. The topological polar surface area (TPSA) is 128 Å². The van der Waals surface area contributed by atoms with Crippen molar-refractivity contribution >= 4 is 23.7 Å². The lowest BCUT2D eigenvalue weighted by atomic mass is 9.96. The van der Waals surface area contributed by atoms with Crippen molar-refractivity contribution in [2.45, 2.75) is 76.5 Å². The SMILES string of the molecule is CCC(C)C(NC(=O)C1CCCN1)C(=O)N1CCCC1C(=O)NC(Cc1ccccc1)C(=O)O. The van der Waals surface area contributed by atoms with Crippen molar-refractivity contribution in [2.24, 2.45) is 5.92 Å². The van der Waals surface area contributed by atoms with Crippen LogP contribution in [0, 0.1) is 5.92 Å². The van der Waals surface area contributed by atoms with Crippen LogP contribution in [0.1, 0.15) is 51.5 Å². The molecule has 5 unspecified atom stereocenters. The van der Waals surface area contributed by atoms with E-state index in [0.29, 0.717) is 25.8 Å². The van der Waals surface area contributed by atoms with Crippen LogP contribution in [0.4, 0.5) is 0 Å². The van der Waals surface area contributed by atoms with Crippen LogP contribution >= 0.6 is 0 Å². The molecule has 1 aromatic rings. The van der Waals surface area contributed by atoms with Crippen molar-refractivity contribution in [1.82, 2.24) is 20.9 Å². The van der Waals surface area contributed by atoms with Crippen molar-refractivity contribution in [3.8, 4) is 0 Å². The number of carbonyl (C=O) groups excluding carboxylic acids is 3. The first kappa shape index (κ1) is 25.7. The Labute approximate surface area is 200 Å². The highest BCUT2D eigenvalue weighted by molar-refractivity contribution is 5.94. The molecule has 0 radical (unpaired) electrons. The Balaban J connectivity index is 1.69. The molecule has 2 aliphatic rings. The molecule has 9 heteroatoms. The van der Waals surface area contributed by atoms with Gasteiger partial charge in [0, 0.05) is 13.0 Å². The predicted octanol–water partition coefficient (Wildman–Crippen LogP) is 1.07. The Hall–Kier alpha value is -2.94. The van der Waals surface area contributed by atoms with E-state index in [0.717, 1.165) is 24.9 Å². The van der Waals surface area contributed by atoms with Gasteiger partial charge >= 0.3 is 5.97 Å². The second kappa shape index (κ2) is 12.0. The average molecular weight is 473 g/mol. The van der Waals surface area contributed by atoms with Crippen LogP contribution in [0.15, 0.2) is 30.3 Å². The highest BCUT2D eigenvalue weighted by Crippen LogP contribution is 2.22. The minimum Gasteiger partial charge on any atom is -0.480 e. The van der Waals surface area contributed by atoms with Crippen LogP contribution < -0.4 is 16.0 Å². The third-order valence-electron chi connectivity index (χ3n) is 6.89. The molecule has 186 valence electrons. The number of carbonyl (C=O) groups is 4. The van der Waals surface area contributed by atoms with Crippen molar-refractivity contribution in [2.75, 3.05) is 13.1 Å². The highest BCUT2D eigenvalue weighted by Gasteiger charge is 2.40. The summed E-state index contributed by atoms with van der Waals surface area (Å²) in [6, 6.07) is 6.23. The van der Waals surface area contributed by atoms with Crippen molar-refractivity contribution in [1.29, 1.82) is 0 Å². The largest absolute Gasteiger partial charge is 0.480 e. The van der Waals surface area contributed by atoms with Gasteiger partial charge in [0.1, 0.15) is 18.1 Å². The fourth-order valence-electron chi connectivity index (χ4n) is 4.64. The summed E-state index contributed by atoms with van der Waals surface area (Å²) >= 11 is 0. The van der Waals surface area contributed by atoms with Gasteiger partial charge in [0.15, 0.2) is 0 Å². The van der Waals surface area contributed by atoms with Crippen LogP contribution in [-0.4, -0.2) is 71.0 Å². The minimum absolute atomic E-state index is 0.105. The van der Waals surface area contributed by atoms with E-state index in [2.05, 4.69) is 16.0 Å². The monoisotopic (exact) mass is 472 g/mol. The Morgan fingerprint density at radius 2 is 1.82 bits per heavy atom. The maximum absolute atomic E-state index is 13.5. The van der Waals surface area contributed by atoms with Crippen molar-refractivity contribution < 1.29 is 24.3 Å². The molecule has 2 heterocycles. The van der Waals surface area contributed by atoms with Gasteiger partial charge in [-0.15, -0.1) is 0 Å². The Kier molecular flexibility index (Phi) is 9.04. The van der Waals surface area contributed by atoms with Gasteiger partial charge in [-0.2, -0.15) is 0 Å². The van der Waals surface area contributed by atoms with E-state index in [4.69, 9.17) is 0 Å². The Morgan fingerprint density at radius 1 is 1.09 bits per heavy atom. The number of nitrogens with zero attached hydrogens (tertiary/aromatic N) is 1. The van der Waals surface area contributed by atoms with Gasteiger partial charge < -0.3 is 26.0 Å². The second-order valence-corrected chi connectivity index (χ2v) is 9.30. The third kappa shape index (κ3) is 6.34. The quantitative estimate of drug-likeness (QED) is 0.403. The zero-order valence-electron chi connectivity index (χ0n) is 20.0. The molecular weight excluding hydrogens is 436 g/mol. The molecule has 4 N–H and O–H groups in total. The van der Waals surface area contributed by atoms with Gasteiger partial charge in [-0.05, 0) is 43.7 Å². The number of benzene rings is 1. The van der Waals surface area contributed by atoms with Crippen molar-refractivity contribution in [3.05, 3.63) is 35.9 Å². The number of rotatable bonds is 10. The zero-order valence-corrected chi connectivity index (χ0v) is 20.0. The van der Waals surface area contributed by atoms with Gasteiger partial charge in [-0.25, -0.2) is 4.79 Å². The molecule has 1 aromatic carbocycles. The molecule has 0 spiro atoms. The number of hydrogen-bond donors (Lipinski definition) is 4. The van der Waals surface area contributed by atoms with E-state index in [1.54, 1.807) is 0 Å². The molecule has 34 heavy (non-hydrogen) atoms. The fourth-order valence-corrected chi connectivity index (χ4v) is 4.64. The average Bonchev–Trinajstić information content (AvgIpc) is 3.54. The number of likely N-dealkylation sites (tertiary alicyclic amines) is 1. The summed E-state index contributed by atoms with van der Waals surface area (Å²) < 4.78 is 0. The summed E-state index contributed by atoms with van der Waals surface area (Å²) in [6.45, 7) is 5.05. The standard InChI is InChI=1S/C25H36N4O5/c1-3-16(2)21(28-22(30)18-11-7-13-26-18)24(32)29-14-8-12-20(29)23(31)27-19(25(33)34)15-17-9-5-4-6-10-17/h4-6,9-10,16,18-21,26H,3,7-8,11-15H2,1-2H3,(H,27,31)(H,28,30)(H,33,34). The number of carboxylic acid groups (broad SMARTS) is 1. The van der Waals surface area contributed by atoms with Gasteiger partial charge in [0.05, 0.1) is 6.04 Å². The van der Waals surface area contributed by atoms with E-state index in [-0.39, 0.29) is 30.2 Å². The predicted molar refractivity (Wildman–Crippen MR) is 127 cm³/mol. The molecule has 2 fully saturated rings. The number of carboxylic acids is 1. The summed E-state index contributed by atoms with van der Waals surface area (Å²) in [5.74, 6) is -2.17. The molecular formula is C25H36N4O5. The van der Waals surface area contributed by atoms with Gasteiger partial charge in [-0.1, -0.05) is 50.6 Å². The van der Waals surface area contributed by atoms with E-state index in [1.165, 1.54) is 4.90 Å². The number of hydrogen-bond acceptors (Lipinski definition) is 5.